The highest BCUT2D eigenvalue weighted by Crippen LogP contribution is 2.29. The molecule has 1 fully saturated rings. The molecule has 0 unspecified atom stereocenters. The quantitative estimate of drug-likeness (QED) is 0.807. The zero-order valence-electron chi connectivity index (χ0n) is 9.27. The van der Waals surface area contributed by atoms with E-state index in [0.717, 1.165) is 24.4 Å². The number of aromatic nitrogens is 2. The highest BCUT2D eigenvalue weighted by atomic mass is 16.3. The largest absolute Gasteiger partial charge is 0.386 e. The predicted molar refractivity (Wildman–Crippen MR) is 58.8 cm³/mol. The number of hydrogen-bond donors (Lipinski definition) is 1. The second-order valence-electron chi connectivity index (χ2n) is 4.36. The molecule has 2 heterocycles. The molecule has 0 radical (unpaired) electrons. The molecule has 0 spiro atoms. The highest BCUT2D eigenvalue weighted by Gasteiger charge is 2.40. The lowest BCUT2D eigenvalue weighted by atomic mass is 9.89. The molecule has 0 atom stereocenters. The van der Waals surface area contributed by atoms with Gasteiger partial charge in [-0.05, 0) is 25.5 Å². The van der Waals surface area contributed by atoms with E-state index in [0.29, 0.717) is 13.1 Å². The SMILES string of the molecule is CCCC1(O)CN(c2ccc(C)nn2)C1. The Morgan fingerprint density at radius 2 is 2.13 bits per heavy atom. The van der Waals surface area contributed by atoms with E-state index in [2.05, 4.69) is 22.0 Å². The fourth-order valence-corrected chi connectivity index (χ4v) is 2.01. The lowest BCUT2D eigenvalue weighted by molar-refractivity contribution is 0.00286. The van der Waals surface area contributed by atoms with E-state index in [1.807, 2.05) is 19.1 Å². The molecule has 1 N–H and O–H groups in total. The van der Waals surface area contributed by atoms with Crippen LogP contribution in [-0.4, -0.2) is 34.0 Å². The van der Waals surface area contributed by atoms with Crippen LogP contribution in [0.2, 0.25) is 0 Å². The second kappa shape index (κ2) is 3.77. The van der Waals surface area contributed by atoms with Crippen LogP contribution in [0, 0.1) is 6.92 Å². The summed E-state index contributed by atoms with van der Waals surface area (Å²) < 4.78 is 0. The van der Waals surface area contributed by atoms with E-state index in [1.165, 1.54) is 0 Å². The van der Waals surface area contributed by atoms with Crippen molar-refractivity contribution in [1.82, 2.24) is 10.2 Å². The maximum atomic E-state index is 10.0. The van der Waals surface area contributed by atoms with Gasteiger partial charge >= 0.3 is 0 Å². The first-order valence-corrected chi connectivity index (χ1v) is 5.41. The van der Waals surface area contributed by atoms with Gasteiger partial charge in [-0.1, -0.05) is 13.3 Å². The monoisotopic (exact) mass is 207 g/mol. The summed E-state index contributed by atoms with van der Waals surface area (Å²) in [6, 6.07) is 3.90. The minimum Gasteiger partial charge on any atom is -0.386 e. The van der Waals surface area contributed by atoms with Gasteiger partial charge in [0.2, 0.25) is 0 Å². The van der Waals surface area contributed by atoms with Crippen molar-refractivity contribution in [3.8, 4) is 0 Å². The molecular formula is C11H17N3O. The van der Waals surface area contributed by atoms with E-state index < -0.39 is 5.60 Å². The Morgan fingerprint density at radius 3 is 2.67 bits per heavy atom. The number of nitrogens with zero attached hydrogens (tertiary/aromatic N) is 3. The van der Waals surface area contributed by atoms with Crippen molar-refractivity contribution in [1.29, 1.82) is 0 Å². The summed E-state index contributed by atoms with van der Waals surface area (Å²) in [5.41, 5.74) is 0.421. The molecule has 0 aromatic carbocycles. The number of β-amino-alcohol motifs (C(OH)–C–C–N with tert-alkyl or cyclic N) is 1. The molecule has 82 valence electrons. The van der Waals surface area contributed by atoms with E-state index >= 15 is 0 Å². The van der Waals surface area contributed by atoms with Gasteiger partial charge < -0.3 is 10.0 Å². The van der Waals surface area contributed by atoms with E-state index in [9.17, 15) is 5.11 Å². The van der Waals surface area contributed by atoms with Crippen molar-refractivity contribution < 1.29 is 5.11 Å². The molecule has 1 aromatic rings. The van der Waals surface area contributed by atoms with Crippen LogP contribution in [-0.2, 0) is 0 Å². The third-order valence-corrected chi connectivity index (χ3v) is 2.79. The van der Waals surface area contributed by atoms with Crippen LogP contribution < -0.4 is 4.90 Å². The zero-order valence-corrected chi connectivity index (χ0v) is 9.27. The molecule has 1 aromatic heterocycles. The highest BCUT2D eigenvalue weighted by molar-refractivity contribution is 5.42. The van der Waals surface area contributed by atoms with Gasteiger partial charge in [0.1, 0.15) is 0 Å². The first kappa shape index (κ1) is 10.4. The van der Waals surface area contributed by atoms with Crippen molar-refractivity contribution in [2.75, 3.05) is 18.0 Å². The maximum absolute atomic E-state index is 10.0. The summed E-state index contributed by atoms with van der Waals surface area (Å²) in [5, 5.41) is 18.1. The van der Waals surface area contributed by atoms with Crippen LogP contribution in [0.1, 0.15) is 25.5 Å². The first-order chi connectivity index (χ1) is 7.13. The summed E-state index contributed by atoms with van der Waals surface area (Å²) in [7, 11) is 0. The molecule has 0 aliphatic carbocycles. The van der Waals surface area contributed by atoms with Crippen LogP contribution in [0.25, 0.3) is 0 Å². The Kier molecular flexibility index (Phi) is 2.61. The Bertz CT molecular complexity index is 330. The summed E-state index contributed by atoms with van der Waals surface area (Å²) in [4.78, 5) is 2.06. The number of aliphatic hydroxyl groups is 1. The van der Waals surface area contributed by atoms with Gasteiger partial charge in [-0.25, -0.2) is 0 Å². The molecule has 1 aliphatic rings. The van der Waals surface area contributed by atoms with E-state index in [-0.39, 0.29) is 0 Å². The number of aryl methyl sites for hydroxylation is 1. The van der Waals surface area contributed by atoms with Crippen molar-refractivity contribution in [2.45, 2.75) is 32.3 Å². The molecular weight excluding hydrogens is 190 g/mol. The third kappa shape index (κ3) is 2.09. The standard InChI is InChI=1S/C11H17N3O/c1-3-6-11(15)7-14(8-11)10-5-4-9(2)12-13-10/h4-5,15H,3,6-8H2,1-2H3. The van der Waals surface area contributed by atoms with Crippen molar-refractivity contribution in [3.63, 3.8) is 0 Å². The van der Waals surface area contributed by atoms with Crippen LogP contribution in [0.5, 0.6) is 0 Å². The van der Waals surface area contributed by atoms with Crippen LogP contribution in [0.15, 0.2) is 12.1 Å². The van der Waals surface area contributed by atoms with Gasteiger partial charge in [-0.3, -0.25) is 0 Å². The molecule has 2 rings (SSSR count). The average molecular weight is 207 g/mol. The van der Waals surface area contributed by atoms with Gasteiger partial charge in [-0.2, -0.15) is 5.10 Å². The number of hydrogen-bond acceptors (Lipinski definition) is 4. The minimum absolute atomic E-state index is 0.499. The topological polar surface area (TPSA) is 49.2 Å². The molecule has 1 saturated heterocycles. The summed E-state index contributed by atoms with van der Waals surface area (Å²) in [6.45, 7) is 5.36. The van der Waals surface area contributed by atoms with Gasteiger partial charge in [-0.15, -0.1) is 5.10 Å². The molecule has 0 saturated carbocycles. The van der Waals surface area contributed by atoms with Crippen LogP contribution >= 0.6 is 0 Å². The van der Waals surface area contributed by atoms with Crippen molar-refractivity contribution in [2.24, 2.45) is 0 Å². The molecule has 0 amide bonds. The summed E-state index contributed by atoms with van der Waals surface area (Å²) in [5.74, 6) is 0.862. The average Bonchev–Trinajstić information content (AvgIpc) is 2.16. The first-order valence-electron chi connectivity index (χ1n) is 5.41. The molecule has 4 nitrogen and oxygen atoms in total. The lowest BCUT2D eigenvalue weighted by Gasteiger charge is -2.47. The normalized spacial score (nSPS) is 18.7. The lowest BCUT2D eigenvalue weighted by Crippen LogP contribution is -2.62. The molecule has 1 aliphatic heterocycles. The fraction of sp³-hybridized carbons (Fsp3) is 0.636. The van der Waals surface area contributed by atoms with Crippen molar-refractivity contribution in [3.05, 3.63) is 17.8 Å². The molecule has 15 heavy (non-hydrogen) atoms. The molecule has 0 bridgehead atoms. The van der Waals surface area contributed by atoms with E-state index in [4.69, 9.17) is 0 Å². The van der Waals surface area contributed by atoms with Crippen molar-refractivity contribution >= 4 is 5.82 Å². The smallest absolute Gasteiger partial charge is 0.151 e. The molecule has 4 heteroatoms. The fourth-order valence-electron chi connectivity index (χ4n) is 2.01. The Balaban J connectivity index is 1.97. The number of anilines is 1. The Labute approximate surface area is 89.9 Å². The summed E-state index contributed by atoms with van der Waals surface area (Å²) >= 11 is 0. The van der Waals surface area contributed by atoms with Gasteiger partial charge in [0.05, 0.1) is 24.4 Å². The van der Waals surface area contributed by atoms with Gasteiger partial charge in [0.25, 0.3) is 0 Å². The minimum atomic E-state index is -0.499. The van der Waals surface area contributed by atoms with Gasteiger partial charge in [0, 0.05) is 0 Å². The maximum Gasteiger partial charge on any atom is 0.151 e. The van der Waals surface area contributed by atoms with Crippen LogP contribution in [0.4, 0.5) is 5.82 Å². The Hall–Kier alpha value is -1.16. The zero-order chi connectivity index (χ0) is 10.9. The number of rotatable bonds is 3. The third-order valence-electron chi connectivity index (χ3n) is 2.79. The second-order valence-corrected chi connectivity index (χ2v) is 4.36. The Morgan fingerprint density at radius 1 is 1.40 bits per heavy atom. The predicted octanol–water partition coefficient (Wildman–Crippen LogP) is 1.14. The summed E-state index contributed by atoms with van der Waals surface area (Å²) in [6.07, 6.45) is 1.88. The van der Waals surface area contributed by atoms with E-state index in [1.54, 1.807) is 0 Å². The van der Waals surface area contributed by atoms with Gasteiger partial charge in [0.15, 0.2) is 5.82 Å². The van der Waals surface area contributed by atoms with Crippen LogP contribution in [0.3, 0.4) is 0 Å².